The zero-order valence-corrected chi connectivity index (χ0v) is 13.3. The van der Waals surface area contributed by atoms with E-state index >= 15 is 0 Å². The lowest BCUT2D eigenvalue weighted by atomic mass is 9.88. The smallest absolute Gasteiger partial charge is 0.137 e. The number of nitrogens with two attached hydrogens (primary N) is 1. The van der Waals surface area contributed by atoms with Gasteiger partial charge in [-0.05, 0) is 29.2 Å². The fraction of sp³-hybridized carbons (Fsp3) is 0.412. The Balaban J connectivity index is 1.82. The summed E-state index contributed by atoms with van der Waals surface area (Å²) in [7, 11) is 0. The van der Waals surface area contributed by atoms with Crippen molar-refractivity contribution in [1.29, 1.82) is 0 Å². The van der Waals surface area contributed by atoms with E-state index in [0.717, 1.165) is 17.1 Å². The van der Waals surface area contributed by atoms with E-state index in [1.54, 1.807) is 30.7 Å². The van der Waals surface area contributed by atoms with Crippen molar-refractivity contribution in [3.63, 3.8) is 0 Å². The predicted molar refractivity (Wildman–Crippen MR) is 86.1 cm³/mol. The molecular formula is C17H23N3O2. The van der Waals surface area contributed by atoms with Gasteiger partial charge in [0.15, 0.2) is 0 Å². The number of aromatic nitrogens is 2. The lowest BCUT2D eigenvalue weighted by Crippen LogP contribution is -2.34. The van der Waals surface area contributed by atoms with Crippen LogP contribution in [-0.2, 0) is 5.41 Å². The van der Waals surface area contributed by atoms with Crippen LogP contribution in [0.1, 0.15) is 26.3 Å². The molecule has 1 atom stereocenters. The molecule has 2 aromatic heterocycles. The molecule has 0 aliphatic carbocycles. The zero-order valence-electron chi connectivity index (χ0n) is 13.3. The van der Waals surface area contributed by atoms with Crippen molar-refractivity contribution in [2.45, 2.75) is 32.2 Å². The molecule has 0 aromatic carbocycles. The predicted octanol–water partition coefficient (Wildman–Crippen LogP) is 2.56. The van der Waals surface area contributed by atoms with Gasteiger partial charge in [-0.25, -0.2) is 0 Å². The van der Waals surface area contributed by atoms with E-state index in [1.807, 2.05) is 12.3 Å². The van der Waals surface area contributed by atoms with Crippen LogP contribution < -0.4 is 15.2 Å². The molecule has 0 saturated heterocycles. The topological polar surface area (TPSA) is 70.3 Å². The van der Waals surface area contributed by atoms with Crippen molar-refractivity contribution in [2.24, 2.45) is 5.73 Å². The minimum absolute atomic E-state index is 0.0406. The normalized spacial score (nSPS) is 12.7. The second-order valence-electron chi connectivity index (χ2n) is 6.22. The van der Waals surface area contributed by atoms with Gasteiger partial charge < -0.3 is 15.2 Å². The van der Waals surface area contributed by atoms with Gasteiger partial charge in [-0.2, -0.15) is 0 Å². The highest BCUT2D eigenvalue weighted by Gasteiger charge is 2.15. The minimum atomic E-state index is -0.216. The summed E-state index contributed by atoms with van der Waals surface area (Å²) in [5, 5.41) is 0. The van der Waals surface area contributed by atoms with Crippen LogP contribution in [-0.4, -0.2) is 29.2 Å². The molecule has 0 radical (unpaired) electrons. The molecule has 0 bridgehead atoms. The Morgan fingerprint density at radius 1 is 1.00 bits per heavy atom. The molecule has 118 valence electrons. The third-order valence-electron chi connectivity index (χ3n) is 3.16. The maximum Gasteiger partial charge on any atom is 0.137 e. The standard InChI is InChI=1S/C17H23N3O2/c1-17(2,3)13-8-16(10-20-9-13)22-12-14(18)11-21-15-4-6-19-7-5-15/h4-10,14H,11-12,18H2,1-3H3/t14-/m0/s1. The van der Waals surface area contributed by atoms with Gasteiger partial charge in [0.2, 0.25) is 0 Å². The van der Waals surface area contributed by atoms with Crippen LogP contribution in [0.15, 0.2) is 43.0 Å². The first-order chi connectivity index (χ1) is 10.4. The van der Waals surface area contributed by atoms with Gasteiger partial charge in [-0.1, -0.05) is 20.8 Å². The number of hydrogen-bond acceptors (Lipinski definition) is 5. The maximum absolute atomic E-state index is 6.01. The summed E-state index contributed by atoms with van der Waals surface area (Å²) >= 11 is 0. The SMILES string of the molecule is CC(C)(C)c1cncc(OC[C@@H](N)COc2ccncc2)c1. The van der Waals surface area contributed by atoms with Crippen LogP contribution in [0.5, 0.6) is 11.5 Å². The number of nitrogens with zero attached hydrogens (tertiary/aromatic N) is 2. The van der Waals surface area contributed by atoms with E-state index < -0.39 is 0 Å². The molecule has 0 saturated carbocycles. The highest BCUT2D eigenvalue weighted by molar-refractivity contribution is 5.28. The van der Waals surface area contributed by atoms with E-state index in [0.29, 0.717) is 13.2 Å². The van der Waals surface area contributed by atoms with Gasteiger partial charge >= 0.3 is 0 Å². The molecule has 0 aliphatic heterocycles. The Morgan fingerprint density at radius 2 is 1.64 bits per heavy atom. The average molecular weight is 301 g/mol. The molecule has 2 N–H and O–H groups in total. The van der Waals surface area contributed by atoms with Gasteiger partial charge in [-0.15, -0.1) is 0 Å². The van der Waals surface area contributed by atoms with E-state index in [4.69, 9.17) is 15.2 Å². The number of ether oxygens (including phenoxy) is 2. The van der Waals surface area contributed by atoms with Crippen LogP contribution in [0.25, 0.3) is 0 Å². The molecule has 0 fully saturated rings. The van der Waals surface area contributed by atoms with Crippen LogP contribution in [0.4, 0.5) is 0 Å². The molecule has 0 amide bonds. The molecule has 2 aromatic rings. The van der Waals surface area contributed by atoms with Gasteiger partial charge in [0.25, 0.3) is 0 Å². The molecule has 5 nitrogen and oxygen atoms in total. The molecule has 22 heavy (non-hydrogen) atoms. The molecule has 0 unspecified atom stereocenters. The lowest BCUT2D eigenvalue weighted by molar-refractivity contribution is 0.219. The van der Waals surface area contributed by atoms with Crippen molar-refractivity contribution >= 4 is 0 Å². The third kappa shape index (κ3) is 5.00. The summed E-state index contributed by atoms with van der Waals surface area (Å²) in [5.41, 5.74) is 7.18. The summed E-state index contributed by atoms with van der Waals surface area (Å²) in [6.45, 7) is 7.18. The first-order valence-corrected chi connectivity index (χ1v) is 7.32. The fourth-order valence-corrected chi connectivity index (χ4v) is 1.80. The molecule has 5 heteroatoms. The van der Waals surface area contributed by atoms with Crippen LogP contribution in [0.2, 0.25) is 0 Å². The molecule has 2 heterocycles. The summed E-state index contributed by atoms with van der Waals surface area (Å²) in [6, 6.07) is 5.38. The Kier molecular flexibility index (Phi) is 5.33. The van der Waals surface area contributed by atoms with E-state index in [1.165, 1.54) is 0 Å². The quantitative estimate of drug-likeness (QED) is 0.888. The lowest BCUT2D eigenvalue weighted by Gasteiger charge is -2.19. The zero-order chi connectivity index (χ0) is 16.0. The number of rotatable bonds is 6. The third-order valence-corrected chi connectivity index (χ3v) is 3.16. The highest BCUT2D eigenvalue weighted by Crippen LogP contribution is 2.24. The van der Waals surface area contributed by atoms with Crippen molar-refractivity contribution < 1.29 is 9.47 Å². The molecule has 0 spiro atoms. The Bertz CT molecular complexity index is 582. The first kappa shape index (κ1) is 16.2. The molecule has 2 rings (SSSR count). The van der Waals surface area contributed by atoms with Gasteiger partial charge in [0.1, 0.15) is 24.7 Å². The van der Waals surface area contributed by atoms with E-state index in [9.17, 15) is 0 Å². The maximum atomic E-state index is 6.01. The van der Waals surface area contributed by atoms with Gasteiger partial charge in [-0.3, -0.25) is 9.97 Å². The second kappa shape index (κ2) is 7.22. The first-order valence-electron chi connectivity index (χ1n) is 7.32. The molecular weight excluding hydrogens is 278 g/mol. The Labute approximate surface area is 131 Å². The number of hydrogen-bond donors (Lipinski definition) is 1. The van der Waals surface area contributed by atoms with Gasteiger partial charge in [0.05, 0.1) is 12.2 Å². The summed E-state index contributed by atoms with van der Waals surface area (Å²) in [6.07, 6.45) is 6.92. The fourth-order valence-electron chi connectivity index (χ4n) is 1.80. The van der Waals surface area contributed by atoms with Crippen LogP contribution >= 0.6 is 0 Å². The summed E-state index contributed by atoms with van der Waals surface area (Å²) in [5.74, 6) is 1.48. The monoisotopic (exact) mass is 301 g/mol. The van der Waals surface area contributed by atoms with Gasteiger partial charge in [0, 0.05) is 18.6 Å². The van der Waals surface area contributed by atoms with E-state index in [2.05, 4.69) is 30.7 Å². The van der Waals surface area contributed by atoms with Crippen LogP contribution in [0.3, 0.4) is 0 Å². The Hall–Kier alpha value is -2.14. The summed E-state index contributed by atoms with van der Waals surface area (Å²) in [4.78, 5) is 8.15. The number of pyridine rings is 2. The largest absolute Gasteiger partial charge is 0.492 e. The second-order valence-corrected chi connectivity index (χ2v) is 6.22. The molecule has 0 aliphatic rings. The van der Waals surface area contributed by atoms with E-state index in [-0.39, 0.29) is 11.5 Å². The highest BCUT2D eigenvalue weighted by atomic mass is 16.5. The van der Waals surface area contributed by atoms with Crippen LogP contribution in [0, 0.1) is 0 Å². The minimum Gasteiger partial charge on any atom is -0.492 e. The van der Waals surface area contributed by atoms with Crippen molar-refractivity contribution in [3.05, 3.63) is 48.5 Å². The Morgan fingerprint density at radius 3 is 2.27 bits per heavy atom. The average Bonchev–Trinajstić information content (AvgIpc) is 2.51. The summed E-state index contributed by atoms with van der Waals surface area (Å²) < 4.78 is 11.3. The van der Waals surface area contributed by atoms with Crippen molar-refractivity contribution in [1.82, 2.24) is 9.97 Å². The van der Waals surface area contributed by atoms with Crippen molar-refractivity contribution in [3.8, 4) is 11.5 Å². The van der Waals surface area contributed by atoms with Crippen molar-refractivity contribution in [2.75, 3.05) is 13.2 Å².